The number of thiophene rings is 1. The van der Waals surface area contributed by atoms with Crippen molar-refractivity contribution in [3.8, 4) is 0 Å². The van der Waals surface area contributed by atoms with Gasteiger partial charge in [0.1, 0.15) is 0 Å². The Kier molecular flexibility index (Phi) is 3.94. The van der Waals surface area contributed by atoms with Gasteiger partial charge in [0.25, 0.3) is 5.91 Å². The Morgan fingerprint density at radius 3 is 2.68 bits per heavy atom. The van der Waals surface area contributed by atoms with Crippen LogP contribution in [0.5, 0.6) is 0 Å². The second kappa shape index (κ2) is 5.62. The Labute approximate surface area is 140 Å². The Bertz CT molecular complexity index is 901. The fraction of sp³-hybridized carbons (Fsp3) is 0.0714. The molecule has 1 aromatic heterocycles. The van der Waals surface area contributed by atoms with E-state index in [9.17, 15) is 13.2 Å². The number of hydrogen-bond donors (Lipinski definition) is 2. The van der Waals surface area contributed by atoms with E-state index in [1.165, 1.54) is 30.5 Å². The van der Waals surface area contributed by atoms with Crippen LogP contribution in [-0.2, 0) is 14.8 Å². The van der Waals surface area contributed by atoms with E-state index in [0.717, 1.165) is 8.66 Å². The lowest BCUT2D eigenvalue weighted by Crippen LogP contribution is -2.18. The number of nitrogens with one attached hydrogen (secondary N) is 2. The summed E-state index contributed by atoms with van der Waals surface area (Å²) in [5.41, 5.74) is 1.66. The molecule has 0 radical (unpaired) electrons. The SMILES string of the molecule is CNS(=O)(=O)c1ccc2c(c1)C(=Cc1ccc(Br)s1)C(=O)N2. The van der Waals surface area contributed by atoms with Gasteiger partial charge in [-0.2, -0.15) is 0 Å². The summed E-state index contributed by atoms with van der Waals surface area (Å²) in [7, 11) is -2.20. The predicted octanol–water partition coefficient (Wildman–Crippen LogP) is 2.91. The first-order chi connectivity index (χ1) is 10.4. The third-order valence-corrected chi connectivity index (χ3v) is 6.22. The molecule has 0 aliphatic carbocycles. The fourth-order valence-corrected chi connectivity index (χ4v) is 4.27. The molecule has 0 saturated heterocycles. The van der Waals surface area contributed by atoms with Crippen molar-refractivity contribution in [1.82, 2.24) is 4.72 Å². The molecule has 0 atom stereocenters. The normalized spacial score (nSPS) is 15.9. The number of halogens is 1. The molecule has 5 nitrogen and oxygen atoms in total. The summed E-state index contributed by atoms with van der Waals surface area (Å²) in [6, 6.07) is 8.36. The maximum atomic E-state index is 12.1. The number of rotatable bonds is 3. The van der Waals surface area contributed by atoms with E-state index < -0.39 is 10.0 Å². The lowest BCUT2D eigenvalue weighted by atomic mass is 10.1. The molecule has 2 heterocycles. The lowest BCUT2D eigenvalue weighted by Gasteiger charge is -2.05. The zero-order valence-electron chi connectivity index (χ0n) is 11.4. The first-order valence-corrected chi connectivity index (χ1v) is 9.36. The highest BCUT2D eigenvalue weighted by molar-refractivity contribution is 9.11. The van der Waals surface area contributed by atoms with Gasteiger partial charge in [-0.25, -0.2) is 13.1 Å². The van der Waals surface area contributed by atoms with Gasteiger partial charge in [0.15, 0.2) is 0 Å². The Morgan fingerprint density at radius 2 is 2.05 bits per heavy atom. The van der Waals surface area contributed by atoms with Crippen LogP contribution >= 0.6 is 27.3 Å². The summed E-state index contributed by atoms with van der Waals surface area (Å²) in [6.07, 6.45) is 1.76. The van der Waals surface area contributed by atoms with Crippen molar-refractivity contribution in [2.45, 2.75) is 4.90 Å². The van der Waals surface area contributed by atoms with Crippen molar-refractivity contribution >= 4 is 60.5 Å². The molecule has 0 unspecified atom stereocenters. The molecule has 1 aromatic carbocycles. The third kappa shape index (κ3) is 2.74. The van der Waals surface area contributed by atoms with E-state index in [-0.39, 0.29) is 10.8 Å². The molecule has 1 amide bonds. The fourth-order valence-electron chi connectivity index (χ4n) is 2.14. The number of fused-ring (bicyclic) bond motifs is 1. The summed E-state index contributed by atoms with van der Waals surface area (Å²) in [6.45, 7) is 0. The van der Waals surface area contributed by atoms with Gasteiger partial charge >= 0.3 is 0 Å². The van der Waals surface area contributed by atoms with Crippen LogP contribution in [0.4, 0.5) is 5.69 Å². The molecule has 8 heteroatoms. The van der Waals surface area contributed by atoms with Crippen molar-refractivity contribution in [3.63, 3.8) is 0 Å². The van der Waals surface area contributed by atoms with Crippen molar-refractivity contribution < 1.29 is 13.2 Å². The second-order valence-electron chi connectivity index (χ2n) is 4.57. The van der Waals surface area contributed by atoms with Gasteiger partial charge in [0.2, 0.25) is 10.0 Å². The van der Waals surface area contributed by atoms with Gasteiger partial charge in [-0.1, -0.05) is 0 Å². The molecule has 2 N–H and O–H groups in total. The van der Waals surface area contributed by atoms with Crippen LogP contribution in [0.3, 0.4) is 0 Å². The minimum Gasteiger partial charge on any atom is -0.321 e. The number of amides is 1. The molecule has 3 rings (SSSR count). The van der Waals surface area contributed by atoms with Crippen LogP contribution in [0.25, 0.3) is 11.6 Å². The van der Waals surface area contributed by atoms with E-state index in [1.807, 2.05) is 12.1 Å². The average Bonchev–Trinajstić information content (AvgIpc) is 3.03. The molecule has 0 spiro atoms. The molecule has 114 valence electrons. The maximum absolute atomic E-state index is 12.1. The van der Waals surface area contributed by atoms with Gasteiger partial charge < -0.3 is 5.32 Å². The van der Waals surface area contributed by atoms with Crippen LogP contribution < -0.4 is 10.0 Å². The van der Waals surface area contributed by atoms with E-state index in [0.29, 0.717) is 16.8 Å². The van der Waals surface area contributed by atoms with Crippen LogP contribution in [0, 0.1) is 0 Å². The first-order valence-electron chi connectivity index (χ1n) is 6.27. The number of sulfonamides is 1. The van der Waals surface area contributed by atoms with Crippen molar-refractivity contribution in [3.05, 3.63) is 44.6 Å². The predicted molar refractivity (Wildman–Crippen MR) is 91.2 cm³/mol. The van der Waals surface area contributed by atoms with E-state index >= 15 is 0 Å². The topological polar surface area (TPSA) is 75.3 Å². The Balaban J connectivity index is 2.12. The zero-order chi connectivity index (χ0) is 15.9. The Hall–Kier alpha value is -1.48. The highest BCUT2D eigenvalue weighted by Crippen LogP contribution is 2.36. The quantitative estimate of drug-likeness (QED) is 0.780. The Morgan fingerprint density at radius 1 is 1.27 bits per heavy atom. The number of carbonyl (C=O) groups excluding carboxylic acids is 1. The van der Waals surface area contributed by atoms with E-state index in [1.54, 1.807) is 12.1 Å². The molecule has 1 aliphatic rings. The number of hydrogen-bond acceptors (Lipinski definition) is 4. The molecule has 0 fully saturated rings. The molecule has 2 aromatic rings. The van der Waals surface area contributed by atoms with Gasteiger partial charge in [0, 0.05) is 16.1 Å². The highest BCUT2D eigenvalue weighted by atomic mass is 79.9. The number of carbonyl (C=O) groups is 1. The summed E-state index contributed by atoms with van der Waals surface area (Å²) in [5.74, 6) is -0.237. The van der Waals surface area contributed by atoms with Crippen molar-refractivity contribution in [2.24, 2.45) is 0 Å². The third-order valence-electron chi connectivity index (χ3n) is 3.23. The average molecular weight is 399 g/mol. The molecule has 1 aliphatic heterocycles. The molecular weight excluding hydrogens is 388 g/mol. The van der Waals surface area contributed by atoms with E-state index in [4.69, 9.17) is 0 Å². The van der Waals surface area contributed by atoms with Gasteiger partial charge in [0.05, 0.1) is 14.3 Å². The molecular formula is C14H11BrN2O3S2. The van der Waals surface area contributed by atoms with Crippen molar-refractivity contribution in [2.75, 3.05) is 12.4 Å². The summed E-state index contributed by atoms with van der Waals surface area (Å²) >= 11 is 4.87. The molecule has 0 bridgehead atoms. The first kappa shape index (κ1) is 15.4. The molecule has 0 saturated carbocycles. The van der Waals surface area contributed by atoms with Crippen LogP contribution in [0.1, 0.15) is 10.4 Å². The summed E-state index contributed by atoms with van der Waals surface area (Å²) in [5, 5.41) is 2.74. The largest absolute Gasteiger partial charge is 0.321 e. The minimum absolute atomic E-state index is 0.128. The van der Waals surface area contributed by atoms with Gasteiger partial charge in [-0.15, -0.1) is 11.3 Å². The summed E-state index contributed by atoms with van der Waals surface area (Å²) < 4.78 is 27.1. The lowest BCUT2D eigenvalue weighted by molar-refractivity contribution is -0.110. The van der Waals surface area contributed by atoms with Gasteiger partial charge in [-0.05, 0) is 59.4 Å². The zero-order valence-corrected chi connectivity index (χ0v) is 14.6. The highest BCUT2D eigenvalue weighted by Gasteiger charge is 2.26. The minimum atomic E-state index is -3.55. The van der Waals surface area contributed by atoms with Crippen LogP contribution in [0.2, 0.25) is 0 Å². The smallest absolute Gasteiger partial charge is 0.256 e. The number of benzene rings is 1. The standard InChI is InChI=1S/C14H11BrN2O3S2/c1-16-22(19,20)9-3-4-12-10(7-9)11(14(18)17-12)6-8-2-5-13(15)21-8/h2-7,16H,1H3,(H,17,18). The number of anilines is 1. The van der Waals surface area contributed by atoms with E-state index in [2.05, 4.69) is 26.0 Å². The second-order valence-corrected chi connectivity index (χ2v) is 8.95. The van der Waals surface area contributed by atoms with Gasteiger partial charge in [-0.3, -0.25) is 4.79 Å². The van der Waals surface area contributed by atoms with Crippen molar-refractivity contribution in [1.29, 1.82) is 0 Å². The maximum Gasteiger partial charge on any atom is 0.256 e. The monoisotopic (exact) mass is 398 g/mol. The van der Waals surface area contributed by atoms with Crippen LogP contribution in [-0.4, -0.2) is 21.4 Å². The molecule has 22 heavy (non-hydrogen) atoms. The van der Waals surface area contributed by atoms with Crippen LogP contribution in [0.15, 0.2) is 39.0 Å². The summed E-state index contributed by atoms with van der Waals surface area (Å²) in [4.78, 5) is 13.2.